The van der Waals surface area contributed by atoms with Gasteiger partial charge in [0.15, 0.2) is 0 Å². The summed E-state index contributed by atoms with van der Waals surface area (Å²) in [5, 5.41) is 10.5. The molecule has 6 heteroatoms. The molecule has 1 N–H and O–H groups in total. The Balaban J connectivity index is 0.00000171. The maximum atomic E-state index is 13.8. The van der Waals surface area contributed by atoms with Gasteiger partial charge < -0.3 is 5.11 Å². The second-order valence-corrected chi connectivity index (χ2v) is 9.52. The smallest absolute Gasteiger partial charge is 0.129 e. The summed E-state index contributed by atoms with van der Waals surface area (Å²) in [5.74, 6) is -0.482. The van der Waals surface area contributed by atoms with E-state index in [0.717, 1.165) is 44.3 Å². The summed E-state index contributed by atoms with van der Waals surface area (Å²) in [4.78, 5) is 2.54. The van der Waals surface area contributed by atoms with E-state index in [1.807, 2.05) is 6.07 Å². The monoisotopic (exact) mass is 471 g/mol. The minimum Gasteiger partial charge on any atom is -0.508 e. The standard InChI is InChI=1S/C25H31F2NO.2ClH/c1-24(2)23-16-18-19(9-6-12-22(18)29)25(24,3)13-15-28(23)14-5-4-8-17-20(26)10-7-11-21(17)27;;/h6-7,9-12,23,29H,4-5,8,13-16H2,1-3H3;2*1H/t23-,25+;;/m1../s1. The van der Waals surface area contributed by atoms with Gasteiger partial charge in [0.05, 0.1) is 0 Å². The van der Waals surface area contributed by atoms with Crippen LogP contribution in [0.15, 0.2) is 36.4 Å². The first-order valence-corrected chi connectivity index (χ1v) is 10.7. The van der Waals surface area contributed by atoms with E-state index in [4.69, 9.17) is 0 Å². The van der Waals surface area contributed by atoms with Gasteiger partial charge >= 0.3 is 0 Å². The van der Waals surface area contributed by atoms with E-state index in [1.54, 1.807) is 6.07 Å². The van der Waals surface area contributed by atoms with Gasteiger partial charge in [0, 0.05) is 17.0 Å². The first-order valence-electron chi connectivity index (χ1n) is 10.7. The highest BCUT2D eigenvalue weighted by atomic mass is 35.5. The normalized spacial score (nSPS) is 24.0. The summed E-state index contributed by atoms with van der Waals surface area (Å²) >= 11 is 0. The minimum absolute atomic E-state index is 0. The minimum atomic E-state index is -0.445. The van der Waals surface area contributed by atoms with Crippen molar-refractivity contribution in [3.8, 4) is 5.75 Å². The van der Waals surface area contributed by atoms with Gasteiger partial charge in [-0.15, -0.1) is 24.8 Å². The first-order chi connectivity index (χ1) is 13.8. The van der Waals surface area contributed by atoms with Crippen LogP contribution in [0.3, 0.4) is 0 Å². The van der Waals surface area contributed by atoms with Crippen LogP contribution in [0.1, 0.15) is 56.7 Å². The van der Waals surface area contributed by atoms with Crippen LogP contribution in [-0.2, 0) is 18.3 Å². The van der Waals surface area contributed by atoms with Gasteiger partial charge in [0.25, 0.3) is 0 Å². The Labute approximate surface area is 196 Å². The van der Waals surface area contributed by atoms with Gasteiger partial charge in [-0.2, -0.15) is 0 Å². The number of phenolic OH excluding ortho intramolecular Hbond substituents is 1. The predicted molar refractivity (Wildman–Crippen MR) is 127 cm³/mol. The molecular formula is C25H33Cl2F2NO. The van der Waals surface area contributed by atoms with Crippen LogP contribution in [-0.4, -0.2) is 29.1 Å². The molecule has 2 aromatic carbocycles. The summed E-state index contributed by atoms with van der Waals surface area (Å²) in [7, 11) is 0. The van der Waals surface area contributed by atoms with Crippen molar-refractivity contribution in [1.29, 1.82) is 0 Å². The van der Waals surface area contributed by atoms with Crippen molar-refractivity contribution < 1.29 is 13.9 Å². The highest BCUT2D eigenvalue weighted by Gasteiger charge is 2.55. The van der Waals surface area contributed by atoms with Gasteiger partial charge in [-0.3, -0.25) is 4.90 Å². The van der Waals surface area contributed by atoms with E-state index in [1.165, 1.54) is 23.8 Å². The van der Waals surface area contributed by atoms with Crippen molar-refractivity contribution in [2.45, 2.75) is 64.3 Å². The van der Waals surface area contributed by atoms with Gasteiger partial charge in [-0.05, 0) is 79.9 Å². The fourth-order valence-corrected chi connectivity index (χ4v) is 5.69. The largest absolute Gasteiger partial charge is 0.508 e. The highest BCUT2D eigenvalue weighted by Crippen LogP contribution is 2.57. The summed E-state index contributed by atoms with van der Waals surface area (Å²) < 4.78 is 27.7. The molecule has 1 fully saturated rings. The summed E-state index contributed by atoms with van der Waals surface area (Å²) in [6.07, 6.45) is 4.01. The van der Waals surface area contributed by atoms with Crippen LogP contribution >= 0.6 is 24.8 Å². The molecule has 1 aliphatic heterocycles. The zero-order valence-corrected chi connectivity index (χ0v) is 20.1. The Morgan fingerprint density at radius 2 is 1.65 bits per heavy atom. The molecule has 0 spiro atoms. The second kappa shape index (κ2) is 9.64. The molecule has 0 aromatic heterocycles. The molecule has 0 radical (unpaired) electrons. The van der Waals surface area contributed by atoms with Gasteiger partial charge in [-0.1, -0.05) is 39.0 Å². The average Bonchev–Trinajstić information content (AvgIpc) is 2.66. The van der Waals surface area contributed by atoms with Crippen molar-refractivity contribution in [3.63, 3.8) is 0 Å². The number of hydrogen-bond donors (Lipinski definition) is 1. The number of halogens is 4. The third kappa shape index (κ3) is 4.31. The third-order valence-corrected chi connectivity index (χ3v) is 7.92. The number of aromatic hydroxyl groups is 1. The Morgan fingerprint density at radius 1 is 1.00 bits per heavy atom. The molecule has 2 aliphatic rings. The van der Waals surface area contributed by atoms with Crippen molar-refractivity contribution in [1.82, 2.24) is 4.90 Å². The maximum Gasteiger partial charge on any atom is 0.129 e. The Kier molecular flexibility index (Phi) is 8.05. The number of piperidine rings is 1. The fraction of sp³-hybridized carbons (Fsp3) is 0.520. The number of unbranched alkanes of at least 4 members (excludes halogenated alkanes) is 1. The van der Waals surface area contributed by atoms with Crippen LogP contribution in [0.25, 0.3) is 0 Å². The number of likely N-dealkylation sites (tertiary alicyclic amines) is 1. The van der Waals surface area contributed by atoms with Crippen LogP contribution < -0.4 is 0 Å². The van der Waals surface area contributed by atoms with Crippen molar-refractivity contribution >= 4 is 24.8 Å². The molecule has 0 unspecified atom stereocenters. The number of benzene rings is 2. The topological polar surface area (TPSA) is 23.5 Å². The van der Waals surface area contributed by atoms with Crippen LogP contribution in [0, 0.1) is 17.0 Å². The summed E-state index contributed by atoms with van der Waals surface area (Å²) in [5.41, 5.74) is 2.72. The highest BCUT2D eigenvalue weighted by molar-refractivity contribution is 5.85. The molecule has 31 heavy (non-hydrogen) atoms. The second-order valence-electron chi connectivity index (χ2n) is 9.52. The maximum absolute atomic E-state index is 13.8. The van der Waals surface area contributed by atoms with E-state index in [2.05, 4.69) is 31.7 Å². The first kappa shape index (κ1) is 25.9. The zero-order valence-electron chi connectivity index (χ0n) is 18.5. The van der Waals surface area contributed by atoms with Gasteiger partial charge in [0.2, 0.25) is 0 Å². The lowest BCUT2D eigenvalue weighted by atomic mass is 9.51. The molecule has 2 bridgehead atoms. The van der Waals surface area contributed by atoms with Gasteiger partial charge in [0.1, 0.15) is 17.4 Å². The number of phenols is 1. The Hall–Kier alpha value is -1.36. The molecule has 172 valence electrons. The lowest BCUT2D eigenvalue weighted by molar-refractivity contribution is -0.0387. The van der Waals surface area contributed by atoms with Crippen molar-refractivity contribution in [2.75, 3.05) is 13.1 Å². The molecule has 2 nitrogen and oxygen atoms in total. The number of fused-ring (bicyclic) bond motifs is 4. The third-order valence-electron chi connectivity index (χ3n) is 7.92. The molecule has 4 rings (SSSR count). The zero-order chi connectivity index (χ0) is 20.8. The molecular weight excluding hydrogens is 439 g/mol. The number of hydrogen-bond acceptors (Lipinski definition) is 2. The summed E-state index contributed by atoms with van der Waals surface area (Å²) in [6.45, 7) is 8.99. The Morgan fingerprint density at radius 3 is 2.32 bits per heavy atom. The molecule has 2 atom stereocenters. The van der Waals surface area contributed by atoms with E-state index in [9.17, 15) is 13.9 Å². The van der Waals surface area contributed by atoms with Crippen LogP contribution in [0.2, 0.25) is 0 Å². The molecule has 1 aliphatic carbocycles. The SMILES string of the molecule is CC1(C)[C@H]2Cc3c(O)cccc3[C@]1(C)CCN2CCCCc1c(F)cccc1F.Cl.Cl. The molecule has 2 aromatic rings. The molecule has 1 heterocycles. The van der Waals surface area contributed by atoms with E-state index in [-0.39, 0.29) is 41.2 Å². The Bertz CT molecular complexity index is 900. The number of rotatable bonds is 5. The van der Waals surface area contributed by atoms with Crippen molar-refractivity contribution in [2.24, 2.45) is 5.41 Å². The van der Waals surface area contributed by atoms with Crippen LogP contribution in [0.4, 0.5) is 8.78 Å². The number of nitrogens with zero attached hydrogens (tertiary/aromatic N) is 1. The van der Waals surface area contributed by atoms with E-state index < -0.39 is 11.6 Å². The van der Waals surface area contributed by atoms with E-state index in [0.29, 0.717) is 18.2 Å². The lowest BCUT2D eigenvalue weighted by Crippen LogP contribution is -2.63. The lowest BCUT2D eigenvalue weighted by Gasteiger charge is -2.61. The predicted octanol–water partition coefficient (Wildman–Crippen LogP) is 6.45. The fourth-order valence-electron chi connectivity index (χ4n) is 5.69. The quantitative estimate of drug-likeness (QED) is 0.506. The molecule has 0 amide bonds. The van der Waals surface area contributed by atoms with Gasteiger partial charge in [-0.25, -0.2) is 8.78 Å². The molecule has 1 saturated heterocycles. The van der Waals surface area contributed by atoms with E-state index >= 15 is 0 Å². The van der Waals surface area contributed by atoms with Crippen LogP contribution in [0.5, 0.6) is 5.75 Å². The van der Waals surface area contributed by atoms with Crippen molar-refractivity contribution in [3.05, 3.63) is 64.7 Å². The average molecular weight is 472 g/mol. The summed E-state index contributed by atoms with van der Waals surface area (Å²) in [6, 6.07) is 10.4. The molecule has 0 saturated carbocycles.